The molecule has 0 radical (unpaired) electrons. The summed E-state index contributed by atoms with van der Waals surface area (Å²) in [7, 11) is 0. The number of hydrazone groups is 1. The topological polar surface area (TPSA) is 83.7 Å². The second kappa shape index (κ2) is 9.18. The molecule has 0 saturated carbocycles. The lowest BCUT2D eigenvalue weighted by molar-refractivity contribution is 0.0953. The predicted octanol–water partition coefficient (Wildman–Crippen LogP) is 5.93. The molecule has 164 valence electrons. The van der Waals surface area contributed by atoms with E-state index in [9.17, 15) is 9.59 Å². The van der Waals surface area contributed by atoms with Crippen molar-refractivity contribution in [2.45, 2.75) is 33.1 Å². The molecule has 6 nitrogen and oxygen atoms in total. The number of nitrogens with one attached hydrogen (secondary N) is 2. The molecule has 1 aliphatic carbocycles. The van der Waals surface area contributed by atoms with Crippen LogP contribution in [0.25, 0.3) is 0 Å². The zero-order valence-electron chi connectivity index (χ0n) is 17.6. The van der Waals surface area contributed by atoms with Gasteiger partial charge in [-0.25, -0.2) is 5.43 Å². The molecule has 0 fully saturated rings. The first-order valence-electron chi connectivity index (χ1n) is 10.2. The van der Waals surface area contributed by atoms with Crippen molar-refractivity contribution < 1.29 is 14.0 Å². The summed E-state index contributed by atoms with van der Waals surface area (Å²) in [5, 5.41) is 7.94. The Bertz CT molecular complexity index is 1250. The Morgan fingerprint density at radius 2 is 1.84 bits per heavy atom. The molecule has 0 aliphatic heterocycles. The van der Waals surface area contributed by atoms with Gasteiger partial charge in [-0.15, -0.1) is 0 Å². The first-order valence-corrected chi connectivity index (χ1v) is 10.9. The van der Waals surface area contributed by atoms with Gasteiger partial charge in [-0.05, 0) is 57.0 Å². The van der Waals surface area contributed by atoms with Crippen molar-refractivity contribution in [2.24, 2.45) is 5.10 Å². The number of benzene rings is 2. The number of hydrogen-bond acceptors (Lipinski definition) is 4. The van der Waals surface area contributed by atoms with Gasteiger partial charge in [-0.2, -0.15) is 5.10 Å². The maximum atomic E-state index is 12.9. The monoisotopic (exact) mass is 469 g/mol. The van der Waals surface area contributed by atoms with E-state index in [4.69, 9.17) is 27.6 Å². The highest BCUT2D eigenvalue weighted by atomic mass is 35.5. The third kappa shape index (κ3) is 4.56. The third-order valence-electron chi connectivity index (χ3n) is 5.28. The van der Waals surface area contributed by atoms with E-state index in [2.05, 4.69) is 15.8 Å². The van der Waals surface area contributed by atoms with Crippen molar-refractivity contribution in [1.82, 2.24) is 5.43 Å². The summed E-state index contributed by atoms with van der Waals surface area (Å²) in [6, 6.07) is 12.1. The zero-order chi connectivity index (χ0) is 22.8. The van der Waals surface area contributed by atoms with Crippen LogP contribution in [0, 0.1) is 13.8 Å². The largest absolute Gasteiger partial charge is 0.455 e. The van der Waals surface area contributed by atoms with Crippen LogP contribution in [0.5, 0.6) is 0 Å². The van der Waals surface area contributed by atoms with Gasteiger partial charge in [0.05, 0.1) is 16.4 Å². The Hall–Kier alpha value is -3.09. The molecule has 3 aromatic rings. The van der Waals surface area contributed by atoms with Crippen LogP contribution in [-0.4, -0.2) is 17.5 Å². The average Bonchev–Trinajstić information content (AvgIpc) is 3.11. The number of amides is 2. The molecule has 1 aromatic heterocycles. The Morgan fingerprint density at radius 1 is 1.03 bits per heavy atom. The summed E-state index contributed by atoms with van der Waals surface area (Å²) < 4.78 is 5.90. The summed E-state index contributed by atoms with van der Waals surface area (Å²) in [6.45, 7) is 3.73. The van der Waals surface area contributed by atoms with E-state index >= 15 is 0 Å². The lowest BCUT2D eigenvalue weighted by Gasteiger charge is -2.13. The van der Waals surface area contributed by atoms with Crippen molar-refractivity contribution in [3.63, 3.8) is 0 Å². The molecule has 32 heavy (non-hydrogen) atoms. The van der Waals surface area contributed by atoms with Crippen molar-refractivity contribution in [3.05, 3.63) is 86.3 Å². The molecule has 0 unspecified atom stereocenters. The Morgan fingerprint density at radius 3 is 2.59 bits per heavy atom. The van der Waals surface area contributed by atoms with E-state index in [0.717, 1.165) is 17.5 Å². The highest BCUT2D eigenvalue weighted by Crippen LogP contribution is 2.31. The van der Waals surface area contributed by atoms with Crippen molar-refractivity contribution in [1.29, 1.82) is 0 Å². The summed E-state index contributed by atoms with van der Waals surface area (Å²) in [4.78, 5) is 25.4. The van der Waals surface area contributed by atoms with Gasteiger partial charge >= 0.3 is 0 Å². The average molecular weight is 470 g/mol. The lowest BCUT2D eigenvalue weighted by atomic mass is 9.93. The minimum atomic E-state index is -0.413. The van der Waals surface area contributed by atoms with Crippen LogP contribution in [0.1, 0.15) is 56.2 Å². The molecule has 1 aliphatic rings. The van der Waals surface area contributed by atoms with Gasteiger partial charge in [0.15, 0.2) is 5.76 Å². The van der Waals surface area contributed by atoms with E-state index in [1.165, 1.54) is 0 Å². The normalized spacial score (nSPS) is 14.2. The number of carbonyl (C=O) groups is 2. The number of anilines is 1. The van der Waals surface area contributed by atoms with Crippen molar-refractivity contribution in [3.8, 4) is 0 Å². The van der Waals surface area contributed by atoms with Gasteiger partial charge in [0.1, 0.15) is 5.76 Å². The quantitative estimate of drug-likeness (QED) is 0.464. The number of nitrogens with zero attached hydrogens (tertiary/aromatic N) is 1. The van der Waals surface area contributed by atoms with Gasteiger partial charge in [-0.1, -0.05) is 40.9 Å². The van der Waals surface area contributed by atoms with E-state index in [1.54, 1.807) is 30.3 Å². The zero-order valence-corrected chi connectivity index (χ0v) is 19.1. The molecular weight excluding hydrogens is 449 g/mol. The smallest absolute Gasteiger partial charge is 0.291 e. The Balaban J connectivity index is 1.57. The van der Waals surface area contributed by atoms with Crippen LogP contribution in [0.4, 0.5) is 5.69 Å². The number of hydrogen-bond donors (Lipinski definition) is 2. The fourth-order valence-corrected chi connectivity index (χ4v) is 4.19. The minimum absolute atomic E-state index is 0.195. The third-order valence-corrected chi connectivity index (χ3v) is 5.83. The molecule has 2 N–H and O–H groups in total. The highest BCUT2D eigenvalue weighted by molar-refractivity contribution is 6.36. The molecule has 4 rings (SSSR count). The van der Waals surface area contributed by atoms with Crippen LogP contribution in [0.3, 0.4) is 0 Å². The fraction of sp³-hybridized carbons (Fsp3) is 0.208. The molecule has 2 aromatic carbocycles. The first kappa shape index (κ1) is 22.1. The Kier molecular flexibility index (Phi) is 6.35. The molecule has 2 amide bonds. The number of rotatable bonds is 4. The van der Waals surface area contributed by atoms with Crippen LogP contribution >= 0.6 is 23.2 Å². The number of furan rings is 1. The van der Waals surface area contributed by atoms with E-state index in [1.807, 2.05) is 26.0 Å². The summed E-state index contributed by atoms with van der Waals surface area (Å²) in [6.07, 6.45) is 2.17. The summed E-state index contributed by atoms with van der Waals surface area (Å²) in [5.41, 5.74) is 6.74. The Labute approximate surface area is 195 Å². The summed E-state index contributed by atoms with van der Waals surface area (Å²) >= 11 is 12.1. The van der Waals surface area contributed by atoms with Gasteiger partial charge in [0.25, 0.3) is 11.8 Å². The van der Waals surface area contributed by atoms with E-state index in [0.29, 0.717) is 51.2 Å². The van der Waals surface area contributed by atoms with E-state index < -0.39 is 5.91 Å². The van der Waals surface area contributed by atoms with Gasteiger partial charge in [-0.3, -0.25) is 9.59 Å². The van der Waals surface area contributed by atoms with Gasteiger partial charge in [0, 0.05) is 28.1 Å². The van der Waals surface area contributed by atoms with Crippen molar-refractivity contribution >= 4 is 46.4 Å². The lowest BCUT2D eigenvalue weighted by Crippen LogP contribution is -2.22. The minimum Gasteiger partial charge on any atom is -0.455 e. The molecule has 0 spiro atoms. The van der Waals surface area contributed by atoms with E-state index in [-0.39, 0.29) is 11.7 Å². The van der Waals surface area contributed by atoms with Crippen LogP contribution in [-0.2, 0) is 6.42 Å². The molecule has 8 heteroatoms. The second-order valence-corrected chi connectivity index (χ2v) is 8.50. The summed E-state index contributed by atoms with van der Waals surface area (Å²) in [5.74, 6) is 0.180. The standard InChI is InChI=1S/C24H21Cl2N3O3/c1-13-5-3-6-15(11-13)23(30)29-28-19-7-4-8-20-21(19)14(2)22(32-20)24(31)27-18-10-9-16(25)12-17(18)26/h3,5-6,9-12H,4,7-8H2,1-2H3,(H,27,31)(H,29,30)/b28-19+. The predicted molar refractivity (Wildman–Crippen MR) is 126 cm³/mol. The van der Waals surface area contributed by atoms with Crippen molar-refractivity contribution in [2.75, 3.05) is 5.32 Å². The SMILES string of the molecule is Cc1cccc(C(=O)N/N=C2\CCCc3oc(C(=O)Nc4ccc(Cl)cc4Cl)c(C)c32)c1. The van der Waals surface area contributed by atoms with Gasteiger partial charge < -0.3 is 9.73 Å². The van der Waals surface area contributed by atoms with Crippen LogP contribution in [0.15, 0.2) is 52.0 Å². The molecular formula is C24H21Cl2N3O3. The second-order valence-electron chi connectivity index (χ2n) is 7.66. The fourth-order valence-electron chi connectivity index (χ4n) is 3.74. The molecule has 0 bridgehead atoms. The molecule has 0 saturated heterocycles. The number of carbonyl (C=O) groups excluding carboxylic acids is 2. The van der Waals surface area contributed by atoms with Crippen LogP contribution < -0.4 is 10.7 Å². The maximum Gasteiger partial charge on any atom is 0.291 e. The first-order chi connectivity index (χ1) is 15.3. The van der Waals surface area contributed by atoms with Crippen LogP contribution in [0.2, 0.25) is 10.0 Å². The molecule has 1 heterocycles. The van der Waals surface area contributed by atoms with Gasteiger partial charge in [0.2, 0.25) is 0 Å². The highest BCUT2D eigenvalue weighted by Gasteiger charge is 2.28. The number of fused-ring (bicyclic) bond motifs is 1. The molecule has 0 atom stereocenters. The number of halogens is 2. The maximum absolute atomic E-state index is 12.9. The number of aryl methyl sites for hydroxylation is 2.